The molecule has 0 aliphatic heterocycles. The molecule has 0 aliphatic carbocycles. The Morgan fingerprint density at radius 3 is 2.57 bits per heavy atom. The van der Waals surface area contributed by atoms with Gasteiger partial charge in [0, 0.05) is 11.4 Å². The van der Waals surface area contributed by atoms with Crippen LogP contribution in [0.4, 0.5) is 0 Å². The number of hydrogen-bond acceptors (Lipinski definition) is 3. The van der Waals surface area contributed by atoms with Crippen LogP contribution in [0, 0.1) is 0 Å². The number of aryl methyl sites for hydroxylation is 2. The first-order valence-corrected chi connectivity index (χ1v) is 6.31. The third-order valence-electron chi connectivity index (χ3n) is 2.24. The number of nitrogens with two attached hydrogens (primary N) is 1. The van der Waals surface area contributed by atoms with Gasteiger partial charge in [0.1, 0.15) is 0 Å². The fourth-order valence-electron chi connectivity index (χ4n) is 1.46. The van der Waals surface area contributed by atoms with Crippen LogP contribution in [0.5, 0.6) is 0 Å². The van der Waals surface area contributed by atoms with E-state index in [2.05, 4.69) is 18.8 Å². The predicted octanol–water partition coefficient (Wildman–Crippen LogP) is 2.90. The molecule has 14 heavy (non-hydrogen) atoms. The van der Waals surface area contributed by atoms with Gasteiger partial charge in [-0.25, -0.2) is 4.98 Å². The highest BCUT2D eigenvalue weighted by Gasteiger charge is 2.08. The van der Waals surface area contributed by atoms with E-state index >= 15 is 0 Å². The molecule has 1 aromatic heterocycles. The Morgan fingerprint density at radius 1 is 1.21 bits per heavy atom. The van der Waals surface area contributed by atoms with Crippen molar-refractivity contribution in [2.45, 2.75) is 52.5 Å². The fraction of sp³-hybridized carbons (Fsp3) is 0.727. The molecular formula is C11H20N2S. The molecule has 0 spiro atoms. The van der Waals surface area contributed by atoms with Crippen molar-refractivity contribution in [1.29, 1.82) is 0 Å². The molecule has 0 amide bonds. The Balaban J connectivity index is 2.67. The zero-order chi connectivity index (χ0) is 10.4. The molecule has 0 saturated heterocycles. The summed E-state index contributed by atoms with van der Waals surface area (Å²) in [5, 5.41) is 1.27. The summed E-state index contributed by atoms with van der Waals surface area (Å²) in [5.41, 5.74) is 6.94. The van der Waals surface area contributed by atoms with Crippen molar-refractivity contribution in [3.63, 3.8) is 0 Å². The van der Waals surface area contributed by atoms with Gasteiger partial charge in [0.05, 0.1) is 10.7 Å². The third kappa shape index (κ3) is 3.07. The number of thiazole rings is 1. The Hall–Kier alpha value is -0.410. The molecule has 2 N–H and O–H groups in total. The lowest BCUT2D eigenvalue weighted by molar-refractivity contribution is 0.780. The van der Waals surface area contributed by atoms with E-state index in [0.717, 1.165) is 19.3 Å². The van der Waals surface area contributed by atoms with Crippen LogP contribution in [-0.4, -0.2) is 4.98 Å². The molecule has 0 unspecified atom stereocenters. The van der Waals surface area contributed by atoms with Gasteiger partial charge in [0.2, 0.25) is 0 Å². The first-order valence-electron chi connectivity index (χ1n) is 5.49. The van der Waals surface area contributed by atoms with Gasteiger partial charge >= 0.3 is 0 Å². The van der Waals surface area contributed by atoms with Crippen molar-refractivity contribution < 1.29 is 0 Å². The summed E-state index contributed by atoms with van der Waals surface area (Å²) in [6.07, 6.45) is 5.83. The van der Waals surface area contributed by atoms with Gasteiger partial charge in [0.25, 0.3) is 0 Å². The smallest absolute Gasteiger partial charge is 0.0931 e. The normalized spacial score (nSPS) is 10.8. The average molecular weight is 212 g/mol. The molecule has 0 radical (unpaired) electrons. The molecule has 1 rings (SSSR count). The van der Waals surface area contributed by atoms with Crippen molar-refractivity contribution in [3.8, 4) is 0 Å². The summed E-state index contributed by atoms with van der Waals surface area (Å²) >= 11 is 1.80. The number of aromatic nitrogens is 1. The van der Waals surface area contributed by atoms with Crippen molar-refractivity contribution in [3.05, 3.63) is 15.6 Å². The van der Waals surface area contributed by atoms with Gasteiger partial charge in [-0.05, 0) is 19.3 Å². The van der Waals surface area contributed by atoms with E-state index in [9.17, 15) is 0 Å². The van der Waals surface area contributed by atoms with E-state index in [1.165, 1.54) is 28.4 Å². The molecule has 80 valence electrons. The minimum atomic E-state index is 0.652. The molecule has 0 atom stereocenters. The first kappa shape index (κ1) is 11.7. The van der Waals surface area contributed by atoms with E-state index in [1.807, 2.05) is 0 Å². The lowest BCUT2D eigenvalue weighted by atomic mass is 10.2. The van der Waals surface area contributed by atoms with Crippen LogP contribution in [0.1, 0.15) is 48.7 Å². The van der Waals surface area contributed by atoms with Gasteiger partial charge in [-0.3, -0.25) is 0 Å². The van der Waals surface area contributed by atoms with Crippen molar-refractivity contribution in [2.24, 2.45) is 5.73 Å². The topological polar surface area (TPSA) is 38.9 Å². The molecule has 0 aromatic carbocycles. The highest BCUT2D eigenvalue weighted by atomic mass is 32.1. The summed E-state index contributed by atoms with van der Waals surface area (Å²) in [5.74, 6) is 0. The maximum absolute atomic E-state index is 5.69. The predicted molar refractivity (Wildman–Crippen MR) is 62.6 cm³/mol. The minimum absolute atomic E-state index is 0.652. The maximum atomic E-state index is 5.69. The van der Waals surface area contributed by atoms with Gasteiger partial charge < -0.3 is 5.73 Å². The van der Waals surface area contributed by atoms with Crippen LogP contribution in [0.2, 0.25) is 0 Å². The summed E-state index contributed by atoms with van der Waals surface area (Å²) in [6, 6.07) is 0. The zero-order valence-electron chi connectivity index (χ0n) is 9.18. The number of hydrogen-bond donors (Lipinski definition) is 1. The largest absolute Gasteiger partial charge is 0.326 e. The fourth-order valence-corrected chi connectivity index (χ4v) is 2.50. The minimum Gasteiger partial charge on any atom is -0.326 e. The SMILES string of the molecule is CCCCc1nc(CCC)c(CN)s1. The average Bonchev–Trinajstić information content (AvgIpc) is 2.58. The Bertz CT molecular complexity index is 268. The summed E-state index contributed by atoms with van der Waals surface area (Å²) in [4.78, 5) is 5.94. The monoisotopic (exact) mass is 212 g/mol. The molecule has 0 fully saturated rings. The molecule has 1 aromatic rings. The second-order valence-corrected chi connectivity index (χ2v) is 4.70. The lowest BCUT2D eigenvalue weighted by Gasteiger charge is -1.94. The van der Waals surface area contributed by atoms with Crippen LogP contribution in [0.3, 0.4) is 0 Å². The van der Waals surface area contributed by atoms with Crippen LogP contribution in [-0.2, 0) is 19.4 Å². The molecule has 0 bridgehead atoms. The Labute approximate surface area is 90.6 Å². The van der Waals surface area contributed by atoms with Crippen molar-refractivity contribution in [1.82, 2.24) is 4.98 Å². The first-order chi connectivity index (χ1) is 6.81. The third-order valence-corrected chi connectivity index (χ3v) is 3.42. The van der Waals surface area contributed by atoms with Crippen LogP contribution >= 0.6 is 11.3 Å². The van der Waals surface area contributed by atoms with E-state index < -0.39 is 0 Å². The molecule has 3 heteroatoms. The highest BCUT2D eigenvalue weighted by molar-refractivity contribution is 7.11. The van der Waals surface area contributed by atoms with Crippen molar-refractivity contribution >= 4 is 11.3 Å². The van der Waals surface area contributed by atoms with Gasteiger partial charge in [-0.15, -0.1) is 11.3 Å². The maximum Gasteiger partial charge on any atom is 0.0931 e. The number of unbranched alkanes of at least 4 members (excludes halogenated alkanes) is 1. The van der Waals surface area contributed by atoms with E-state index in [1.54, 1.807) is 11.3 Å². The summed E-state index contributed by atoms with van der Waals surface area (Å²) in [7, 11) is 0. The van der Waals surface area contributed by atoms with E-state index in [4.69, 9.17) is 5.73 Å². The van der Waals surface area contributed by atoms with Gasteiger partial charge in [-0.1, -0.05) is 26.7 Å². The van der Waals surface area contributed by atoms with Crippen molar-refractivity contribution in [2.75, 3.05) is 0 Å². The second kappa shape index (κ2) is 6.14. The molecule has 0 aliphatic rings. The summed E-state index contributed by atoms with van der Waals surface area (Å²) in [6.45, 7) is 5.05. The van der Waals surface area contributed by atoms with Gasteiger partial charge in [0.15, 0.2) is 0 Å². The standard InChI is InChI=1S/C11H20N2S/c1-3-5-7-11-13-9(6-4-2)10(8-12)14-11/h3-8,12H2,1-2H3. The Kier molecular flexibility index (Phi) is 5.12. The molecule has 0 saturated carbocycles. The molecule has 2 nitrogen and oxygen atoms in total. The Morgan fingerprint density at radius 2 is 2.00 bits per heavy atom. The number of nitrogens with zero attached hydrogens (tertiary/aromatic N) is 1. The quantitative estimate of drug-likeness (QED) is 0.787. The van der Waals surface area contributed by atoms with Gasteiger partial charge in [-0.2, -0.15) is 0 Å². The molecule has 1 heterocycles. The zero-order valence-corrected chi connectivity index (χ0v) is 9.99. The van der Waals surface area contributed by atoms with Crippen LogP contribution < -0.4 is 5.73 Å². The second-order valence-electron chi connectivity index (χ2n) is 3.54. The number of rotatable bonds is 6. The summed E-state index contributed by atoms with van der Waals surface area (Å²) < 4.78 is 0. The van der Waals surface area contributed by atoms with E-state index in [0.29, 0.717) is 6.54 Å². The van der Waals surface area contributed by atoms with Crippen LogP contribution in [0.25, 0.3) is 0 Å². The molecular weight excluding hydrogens is 192 g/mol. The van der Waals surface area contributed by atoms with Crippen LogP contribution in [0.15, 0.2) is 0 Å². The highest BCUT2D eigenvalue weighted by Crippen LogP contribution is 2.20. The van der Waals surface area contributed by atoms with E-state index in [-0.39, 0.29) is 0 Å². The lowest BCUT2D eigenvalue weighted by Crippen LogP contribution is -1.98.